The fourth-order valence-electron chi connectivity index (χ4n) is 2.27. The van der Waals surface area contributed by atoms with Crippen LogP contribution in [0, 0.1) is 11.7 Å². The SMILES string of the molecule is NNC(c1ccc(F)c(C(F)(F)F)c1)C1CCOC1. The van der Waals surface area contributed by atoms with Crippen LogP contribution in [0.2, 0.25) is 0 Å². The summed E-state index contributed by atoms with van der Waals surface area (Å²) in [6.07, 6.45) is -4.01. The molecule has 3 N–H and O–H groups in total. The predicted octanol–water partition coefficient (Wildman–Crippen LogP) is 2.39. The molecule has 7 heteroatoms. The second kappa shape index (κ2) is 5.44. The zero-order valence-corrected chi connectivity index (χ0v) is 10.0. The van der Waals surface area contributed by atoms with Crippen molar-refractivity contribution in [3.63, 3.8) is 0 Å². The molecule has 2 rings (SSSR count). The molecule has 1 saturated heterocycles. The minimum absolute atomic E-state index is 0.0171. The summed E-state index contributed by atoms with van der Waals surface area (Å²) in [4.78, 5) is 0. The van der Waals surface area contributed by atoms with Gasteiger partial charge in [-0.25, -0.2) is 4.39 Å². The zero-order chi connectivity index (χ0) is 14.0. The third-order valence-electron chi connectivity index (χ3n) is 3.27. The Morgan fingerprint density at radius 1 is 1.37 bits per heavy atom. The Bertz CT molecular complexity index is 444. The number of nitrogens with two attached hydrogens (primary N) is 1. The van der Waals surface area contributed by atoms with E-state index in [9.17, 15) is 17.6 Å². The third kappa shape index (κ3) is 3.05. The maximum absolute atomic E-state index is 13.2. The summed E-state index contributed by atoms with van der Waals surface area (Å²) < 4.78 is 56.4. The van der Waals surface area contributed by atoms with Crippen LogP contribution in [-0.4, -0.2) is 13.2 Å². The smallest absolute Gasteiger partial charge is 0.381 e. The maximum atomic E-state index is 13.2. The fourth-order valence-corrected chi connectivity index (χ4v) is 2.27. The molecular weight excluding hydrogens is 264 g/mol. The lowest BCUT2D eigenvalue weighted by molar-refractivity contribution is -0.140. The van der Waals surface area contributed by atoms with E-state index < -0.39 is 23.6 Å². The van der Waals surface area contributed by atoms with E-state index in [1.165, 1.54) is 6.07 Å². The molecule has 2 unspecified atom stereocenters. The Labute approximate surface area is 107 Å². The van der Waals surface area contributed by atoms with E-state index >= 15 is 0 Å². The van der Waals surface area contributed by atoms with E-state index in [2.05, 4.69) is 5.43 Å². The molecule has 106 valence electrons. The summed E-state index contributed by atoms with van der Waals surface area (Å²) in [7, 11) is 0. The van der Waals surface area contributed by atoms with Crippen molar-refractivity contribution in [3.8, 4) is 0 Å². The van der Waals surface area contributed by atoms with Gasteiger partial charge in [-0.15, -0.1) is 0 Å². The van der Waals surface area contributed by atoms with Gasteiger partial charge in [-0.1, -0.05) is 6.07 Å². The van der Waals surface area contributed by atoms with Gasteiger partial charge in [0.1, 0.15) is 5.82 Å². The summed E-state index contributed by atoms with van der Waals surface area (Å²) in [5.41, 5.74) is 1.53. The average molecular weight is 278 g/mol. The van der Waals surface area contributed by atoms with Crippen LogP contribution in [0.5, 0.6) is 0 Å². The van der Waals surface area contributed by atoms with Crippen LogP contribution in [0.15, 0.2) is 18.2 Å². The quantitative estimate of drug-likeness (QED) is 0.507. The number of rotatable bonds is 3. The summed E-state index contributed by atoms with van der Waals surface area (Å²) in [6.45, 7) is 0.976. The zero-order valence-electron chi connectivity index (χ0n) is 10.0. The van der Waals surface area contributed by atoms with E-state index in [1.807, 2.05) is 0 Å². The normalized spacial score (nSPS) is 21.6. The van der Waals surface area contributed by atoms with E-state index in [4.69, 9.17) is 10.6 Å². The first-order valence-corrected chi connectivity index (χ1v) is 5.84. The molecule has 0 spiro atoms. The van der Waals surface area contributed by atoms with E-state index in [0.29, 0.717) is 25.2 Å². The van der Waals surface area contributed by atoms with Crippen molar-refractivity contribution in [1.82, 2.24) is 5.43 Å². The third-order valence-corrected chi connectivity index (χ3v) is 3.27. The van der Waals surface area contributed by atoms with Crippen LogP contribution in [0.25, 0.3) is 0 Å². The van der Waals surface area contributed by atoms with Crippen LogP contribution in [0.4, 0.5) is 17.6 Å². The van der Waals surface area contributed by atoms with Crippen molar-refractivity contribution in [1.29, 1.82) is 0 Å². The van der Waals surface area contributed by atoms with Gasteiger partial charge in [0, 0.05) is 12.5 Å². The molecule has 1 aromatic carbocycles. The second-order valence-electron chi connectivity index (χ2n) is 4.51. The minimum atomic E-state index is -4.72. The van der Waals surface area contributed by atoms with Crippen LogP contribution >= 0.6 is 0 Å². The highest BCUT2D eigenvalue weighted by molar-refractivity contribution is 5.30. The summed E-state index contributed by atoms with van der Waals surface area (Å²) in [6, 6.07) is 2.45. The number of benzene rings is 1. The molecule has 0 amide bonds. The number of ether oxygens (including phenoxy) is 1. The van der Waals surface area contributed by atoms with Gasteiger partial charge in [-0.2, -0.15) is 13.2 Å². The lowest BCUT2D eigenvalue weighted by Gasteiger charge is -2.23. The second-order valence-corrected chi connectivity index (χ2v) is 4.51. The Kier molecular flexibility index (Phi) is 4.07. The average Bonchev–Trinajstić information content (AvgIpc) is 2.84. The molecule has 1 aliphatic rings. The molecule has 0 radical (unpaired) electrons. The van der Waals surface area contributed by atoms with Gasteiger partial charge in [-0.05, 0) is 24.1 Å². The van der Waals surface area contributed by atoms with E-state index in [1.54, 1.807) is 0 Å². The Balaban J connectivity index is 2.33. The topological polar surface area (TPSA) is 47.3 Å². The van der Waals surface area contributed by atoms with Crippen molar-refractivity contribution in [2.45, 2.75) is 18.6 Å². The molecule has 0 saturated carbocycles. The van der Waals surface area contributed by atoms with Crippen molar-refractivity contribution in [3.05, 3.63) is 35.1 Å². The number of alkyl halides is 3. The van der Waals surface area contributed by atoms with Gasteiger partial charge in [0.05, 0.1) is 18.2 Å². The largest absolute Gasteiger partial charge is 0.419 e. The Morgan fingerprint density at radius 2 is 2.11 bits per heavy atom. The van der Waals surface area contributed by atoms with E-state index in [0.717, 1.165) is 12.1 Å². The van der Waals surface area contributed by atoms with Gasteiger partial charge < -0.3 is 4.74 Å². The van der Waals surface area contributed by atoms with Gasteiger partial charge >= 0.3 is 6.18 Å². The molecule has 1 aliphatic heterocycles. The van der Waals surface area contributed by atoms with Crippen LogP contribution in [0.1, 0.15) is 23.6 Å². The van der Waals surface area contributed by atoms with Crippen molar-refractivity contribution >= 4 is 0 Å². The maximum Gasteiger partial charge on any atom is 0.419 e. The molecule has 3 nitrogen and oxygen atoms in total. The first-order valence-electron chi connectivity index (χ1n) is 5.84. The van der Waals surface area contributed by atoms with E-state index in [-0.39, 0.29) is 5.92 Å². The van der Waals surface area contributed by atoms with Gasteiger partial charge in [0.15, 0.2) is 0 Å². The van der Waals surface area contributed by atoms with Crippen LogP contribution < -0.4 is 11.3 Å². The molecule has 0 aliphatic carbocycles. The summed E-state index contributed by atoms with van der Waals surface area (Å²) in [5.74, 6) is 4.10. The number of hydrogen-bond acceptors (Lipinski definition) is 3. The predicted molar refractivity (Wildman–Crippen MR) is 60.4 cm³/mol. The van der Waals surface area contributed by atoms with Gasteiger partial charge in [-0.3, -0.25) is 11.3 Å². The molecule has 1 heterocycles. The van der Waals surface area contributed by atoms with Gasteiger partial charge in [0.2, 0.25) is 0 Å². The highest BCUT2D eigenvalue weighted by atomic mass is 19.4. The first kappa shape index (κ1) is 14.2. The monoisotopic (exact) mass is 278 g/mol. The molecule has 0 bridgehead atoms. The number of hydrogen-bond donors (Lipinski definition) is 2. The lowest BCUT2D eigenvalue weighted by atomic mass is 9.92. The standard InChI is InChI=1S/C12H14F4N2O/c13-10-2-1-7(5-9(10)12(14,15)16)11(18-17)8-3-4-19-6-8/h1-2,5,8,11,18H,3-4,6,17H2. The summed E-state index contributed by atoms with van der Waals surface area (Å²) >= 11 is 0. The molecule has 0 aromatic heterocycles. The lowest BCUT2D eigenvalue weighted by Crippen LogP contribution is -2.34. The highest BCUT2D eigenvalue weighted by Gasteiger charge is 2.35. The number of nitrogens with one attached hydrogen (secondary N) is 1. The van der Waals surface area contributed by atoms with Crippen molar-refractivity contribution in [2.75, 3.05) is 13.2 Å². The molecule has 2 atom stereocenters. The number of hydrazine groups is 1. The van der Waals surface area contributed by atoms with Crippen molar-refractivity contribution < 1.29 is 22.3 Å². The molecule has 1 aromatic rings. The minimum Gasteiger partial charge on any atom is -0.381 e. The first-order chi connectivity index (χ1) is 8.93. The van der Waals surface area contributed by atoms with Crippen LogP contribution in [0.3, 0.4) is 0 Å². The Morgan fingerprint density at radius 3 is 2.63 bits per heavy atom. The summed E-state index contributed by atoms with van der Waals surface area (Å²) in [5, 5.41) is 0. The Hall–Kier alpha value is -1.18. The van der Waals surface area contributed by atoms with Gasteiger partial charge in [0.25, 0.3) is 0 Å². The molecular formula is C12H14F4N2O. The molecule has 1 fully saturated rings. The number of halogens is 4. The van der Waals surface area contributed by atoms with Crippen LogP contribution in [-0.2, 0) is 10.9 Å². The highest BCUT2D eigenvalue weighted by Crippen LogP contribution is 2.35. The molecule has 19 heavy (non-hydrogen) atoms. The fraction of sp³-hybridized carbons (Fsp3) is 0.500. The van der Waals surface area contributed by atoms with Crippen molar-refractivity contribution in [2.24, 2.45) is 11.8 Å².